The molecule has 2 heterocycles. The number of fused-ring (bicyclic) bond motifs is 5. The van der Waals surface area contributed by atoms with Gasteiger partial charge in [-0.05, 0) is 35.3 Å². The molecule has 0 saturated heterocycles. The summed E-state index contributed by atoms with van der Waals surface area (Å²) < 4.78 is 6.34. The molecule has 1 aromatic heterocycles. The molecule has 1 unspecified atom stereocenters. The van der Waals surface area contributed by atoms with Gasteiger partial charge >= 0.3 is 0 Å². The van der Waals surface area contributed by atoms with Crippen LogP contribution in [0.5, 0.6) is 0 Å². The fourth-order valence-corrected chi connectivity index (χ4v) is 3.42. The second kappa shape index (κ2) is 5.63. The van der Waals surface area contributed by atoms with Crippen molar-refractivity contribution in [3.8, 4) is 0 Å². The second-order valence-corrected chi connectivity index (χ2v) is 8.18. The summed E-state index contributed by atoms with van der Waals surface area (Å²) in [6.07, 6.45) is 4.36. The van der Waals surface area contributed by atoms with E-state index in [2.05, 4.69) is 93.6 Å². The third-order valence-electron chi connectivity index (χ3n) is 5.48. The van der Waals surface area contributed by atoms with E-state index in [0.29, 0.717) is 6.04 Å². The smallest absolute Gasteiger partial charge is 0.149 e. The van der Waals surface area contributed by atoms with Crippen LogP contribution in [0.4, 0.5) is 0 Å². The highest BCUT2D eigenvalue weighted by atomic mass is 16.3. The van der Waals surface area contributed by atoms with Crippen molar-refractivity contribution in [2.45, 2.75) is 39.9 Å². The first kappa shape index (κ1) is 16.2. The molecular weight excluding hydrogens is 308 g/mol. The summed E-state index contributed by atoms with van der Waals surface area (Å²) in [7, 11) is 2.10. The van der Waals surface area contributed by atoms with Crippen LogP contribution in [0, 0.1) is 5.41 Å². The van der Waals surface area contributed by atoms with Crippen molar-refractivity contribution in [3.05, 3.63) is 53.9 Å². The first-order valence-corrected chi connectivity index (χ1v) is 8.96. The van der Waals surface area contributed by atoms with Crippen LogP contribution in [0.2, 0.25) is 0 Å². The minimum absolute atomic E-state index is 0.0420. The average Bonchev–Trinajstić information content (AvgIpc) is 2.95. The monoisotopic (exact) mass is 334 g/mol. The Balaban J connectivity index is 1.88. The fraction of sp³-hybridized carbons (Fsp3) is 0.364. The lowest BCUT2D eigenvalue weighted by Crippen LogP contribution is -2.45. The molecule has 0 bridgehead atoms. The Hall–Kier alpha value is -2.26. The van der Waals surface area contributed by atoms with Gasteiger partial charge in [0.2, 0.25) is 0 Å². The topological polar surface area (TPSA) is 28.4 Å². The lowest BCUT2D eigenvalue weighted by atomic mass is 9.87. The number of furan rings is 1. The van der Waals surface area contributed by atoms with E-state index in [1.54, 1.807) is 0 Å². The van der Waals surface area contributed by atoms with Crippen LogP contribution < -0.4 is 5.32 Å². The molecular formula is C22H26N2O. The average molecular weight is 334 g/mol. The minimum atomic E-state index is 0.0420. The summed E-state index contributed by atoms with van der Waals surface area (Å²) >= 11 is 0. The van der Waals surface area contributed by atoms with E-state index >= 15 is 0 Å². The van der Waals surface area contributed by atoms with Crippen LogP contribution in [-0.2, 0) is 0 Å². The van der Waals surface area contributed by atoms with Crippen molar-refractivity contribution >= 4 is 27.8 Å². The van der Waals surface area contributed by atoms with Crippen molar-refractivity contribution in [3.63, 3.8) is 0 Å². The zero-order chi connectivity index (χ0) is 17.8. The van der Waals surface area contributed by atoms with Crippen LogP contribution in [-0.4, -0.2) is 18.0 Å². The molecule has 2 aromatic carbocycles. The van der Waals surface area contributed by atoms with E-state index in [0.717, 1.165) is 11.3 Å². The van der Waals surface area contributed by atoms with Gasteiger partial charge in [-0.2, -0.15) is 0 Å². The van der Waals surface area contributed by atoms with Gasteiger partial charge in [0.1, 0.15) is 17.5 Å². The van der Waals surface area contributed by atoms with Crippen molar-refractivity contribution in [1.82, 2.24) is 10.2 Å². The number of nitrogens with one attached hydrogen (secondary N) is 1. The molecule has 0 spiro atoms. The van der Waals surface area contributed by atoms with Gasteiger partial charge in [-0.15, -0.1) is 0 Å². The highest BCUT2D eigenvalue weighted by Gasteiger charge is 2.31. The van der Waals surface area contributed by atoms with Gasteiger partial charge in [-0.25, -0.2) is 0 Å². The first-order valence-electron chi connectivity index (χ1n) is 8.96. The van der Waals surface area contributed by atoms with Gasteiger partial charge in [0.25, 0.3) is 0 Å². The number of hydrogen-bond donors (Lipinski definition) is 1. The third-order valence-corrected chi connectivity index (χ3v) is 5.48. The summed E-state index contributed by atoms with van der Waals surface area (Å²) in [4.78, 5) is 2.19. The lowest BCUT2D eigenvalue weighted by Gasteiger charge is -2.36. The van der Waals surface area contributed by atoms with Crippen LogP contribution in [0.3, 0.4) is 0 Å². The van der Waals surface area contributed by atoms with Gasteiger partial charge < -0.3 is 9.32 Å². The molecule has 25 heavy (non-hydrogen) atoms. The normalized spacial score (nSPS) is 18.8. The summed E-state index contributed by atoms with van der Waals surface area (Å²) in [5, 5.41) is 7.47. The number of rotatable bonds is 2. The quantitative estimate of drug-likeness (QED) is 0.668. The Kier molecular flexibility index (Phi) is 3.66. The van der Waals surface area contributed by atoms with Gasteiger partial charge in [-0.3, -0.25) is 5.32 Å². The maximum absolute atomic E-state index is 6.34. The second-order valence-electron chi connectivity index (χ2n) is 8.18. The fourth-order valence-electron chi connectivity index (χ4n) is 3.42. The SMILES string of the molecule is C[C@@H](NC1c2oc3ccc4ccccc4c3c2C=CN1C)C(C)(C)C. The Morgan fingerprint density at radius 2 is 1.88 bits per heavy atom. The summed E-state index contributed by atoms with van der Waals surface area (Å²) in [6, 6.07) is 13.1. The van der Waals surface area contributed by atoms with E-state index in [1.807, 2.05) is 0 Å². The van der Waals surface area contributed by atoms with Crippen LogP contribution in [0.25, 0.3) is 27.8 Å². The lowest BCUT2D eigenvalue weighted by molar-refractivity contribution is 0.173. The van der Waals surface area contributed by atoms with Gasteiger partial charge in [-0.1, -0.05) is 51.1 Å². The van der Waals surface area contributed by atoms with Crippen molar-refractivity contribution < 1.29 is 4.42 Å². The van der Waals surface area contributed by atoms with Crippen molar-refractivity contribution in [2.24, 2.45) is 5.41 Å². The standard InChI is InChI=1S/C22H26N2O/c1-14(22(2,3)4)23-21-20-17(12-13-24(21)5)19-16-9-7-6-8-15(16)10-11-18(19)25-20/h6-14,21,23H,1-5H3/t14-,21?/m1/s1. The molecule has 3 nitrogen and oxygen atoms in total. The first-order chi connectivity index (χ1) is 11.9. The van der Waals surface area contributed by atoms with Gasteiger partial charge in [0.15, 0.2) is 0 Å². The predicted molar refractivity (Wildman–Crippen MR) is 105 cm³/mol. The molecule has 0 radical (unpaired) electrons. The zero-order valence-electron chi connectivity index (χ0n) is 15.6. The summed E-state index contributed by atoms with van der Waals surface area (Å²) in [5.74, 6) is 1.01. The van der Waals surface area contributed by atoms with E-state index < -0.39 is 0 Å². The molecule has 0 fully saturated rings. The molecule has 1 N–H and O–H groups in total. The molecule has 0 saturated carbocycles. The molecule has 0 amide bonds. The zero-order valence-corrected chi connectivity index (χ0v) is 15.6. The highest BCUT2D eigenvalue weighted by molar-refractivity contribution is 6.10. The van der Waals surface area contributed by atoms with E-state index in [4.69, 9.17) is 4.42 Å². The number of hydrogen-bond acceptors (Lipinski definition) is 3. The molecule has 3 aromatic rings. The largest absolute Gasteiger partial charge is 0.457 e. The van der Waals surface area contributed by atoms with Crippen LogP contribution in [0.1, 0.15) is 45.2 Å². The highest BCUT2D eigenvalue weighted by Crippen LogP contribution is 2.39. The third kappa shape index (κ3) is 2.63. The number of nitrogens with zero attached hydrogens (tertiary/aromatic N) is 1. The minimum Gasteiger partial charge on any atom is -0.457 e. The maximum Gasteiger partial charge on any atom is 0.149 e. The Bertz CT molecular complexity index is 961. The summed E-state index contributed by atoms with van der Waals surface area (Å²) in [6.45, 7) is 9.02. The van der Waals surface area contributed by atoms with Gasteiger partial charge in [0.05, 0.1) is 0 Å². The maximum atomic E-state index is 6.34. The van der Waals surface area contributed by atoms with Crippen LogP contribution >= 0.6 is 0 Å². The molecule has 1 aliphatic heterocycles. The van der Waals surface area contributed by atoms with E-state index in [-0.39, 0.29) is 11.6 Å². The van der Waals surface area contributed by atoms with Crippen molar-refractivity contribution in [1.29, 1.82) is 0 Å². The molecule has 2 atom stereocenters. The Morgan fingerprint density at radius 3 is 2.64 bits per heavy atom. The van der Waals surface area contributed by atoms with E-state index in [1.165, 1.54) is 21.7 Å². The van der Waals surface area contributed by atoms with Crippen LogP contribution in [0.15, 0.2) is 47.0 Å². The molecule has 0 aliphatic carbocycles. The molecule has 4 rings (SSSR count). The Labute approximate surface area is 149 Å². The Morgan fingerprint density at radius 1 is 1.12 bits per heavy atom. The molecule has 1 aliphatic rings. The molecule has 130 valence electrons. The molecule has 3 heteroatoms. The van der Waals surface area contributed by atoms with Crippen molar-refractivity contribution in [2.75, 3.05) is 7.05 Å². The van der Waals surface area contributed by atoms with Gasteiger partial charge in [0, 0.05) is 30.2 Å². The predicted octanol–water partition coefficient (Wildman–Crippen LogP) is 5.52. The summed E-state index contributed by atoms with van der Waals surface area (Å²) in [5.41, 5.74) is 2.34. The number of benzene rings is 2. The van der Waals surface area contributed by atoms with E-state index in [9.17, 15) is 0 Å².